The summed E-state index contributed by atoms with van der Waals surface area (Å²) in [4.78, 5) is 12.7. The topological polar surface area (TPSA) is 44.8 Å². The molecule has 1 unspecified atom stereocenters. The fourth-order valence-corrected chi connectivity index (χ4v) is 3.79. The minimum atomic E-state index is -5.15. The summed E-state index contributed by atoms with van der Waals surface area (Å²) in [6.45, 7) is 0. The summed E-state index contributed by atoms with van der Waals surface area (Å²) in [5.41, 5.74) is -6.11. The van der Waals surface area contributed by atoms with E-state index in [1.54, 1.807) is 0 Å². The Labute approximate surface area is 183 Å². The quantitative estimate of drug-likeness (QED) is 0.386. The number of carbonyl (C=O) groups excluding carboxylic acids is 1. The van der Waals surface area contributed by atoms with Crippen molar-refractivity contribution in [2.45, 2.75) is 12.4 Å². The Kier molecular flexibility index (Phi) is 8.67. The number of alkyl halides is 6. The number of hydrogen-bond donors (Lipinski definition) is 0. The van der Waals surface area contributed by atoms with Gasteiger partial charge in [-0.25, -0.2) is 0 Å². The van der Waals surface area contributed by atoms with Gasteiger partial charge in [-0.2, -0.15) is 26.3 Å². The molecular formula is C18H16F6LiO4P. The second-order valence-corrected chi connectivity index (χ2v) is 6.79. The molecule has 0 N–H and O–H groups in total. The van der Waals surface area contributed by atoms with E-state index in [4.69, 9.17) is 14.2 Å². The number of rotatable bonds is 6. The minimum Gasteiger partial charge on any atom is -1.00 e. The number of methoxy groups -OCH3 is 3. The van der Waals surface area contributed by atoms with Crippen molar-refractivity contribution in [2.24, 2.45) is 0 Å². The summed E-state index contributed by atoms with van der Waals surface area (Å²) in [6, 6.07) is 4.18. The first kappa shape index (κ1) is 26.2. The van der Waals surface area contributed by atoms with E-state index in [0.717, 1.165) is 0 Å². The van der Waals surface area contributed by atoms with Crippen molar-refractivity contribution in [3.63, 3.8) is 0 Å². The van der Waals surface area contributed by atoms with E-state index < -0.39 is 43.1 Å². The van der Waals surface area contributed by atoms with Crippen molar-refractivity contribution < 1.29 is 65.6 Å². The third-order valence-corrected chi connectivity index (χ3v) is 5.08. The van der Waals surface area contributed by atoms with Crippen molar-refractivity contribution in [1.29, 1.82) is 0 Å². The van der Waals surface area contributed by atoms with Crippen molar-refractivity contribution in [1.82, 2.24) is 0 Å². The molecule has 1 atom stereocenters. The normalized spacial score (nSPS) is 11.9. The molecule has 4 nitrogen and oxygen atoms in total. The van der Waals surface area contributed by atoms with E-state index in [9.17, 15) is 31.1 Å². The van der Waals surface area contributed by atoms with Gasteiger partial charge in [-0.15, -0.1) is 0 Å². The molecule has 2 aromatic carbocycles. The smallest absolute Gasteiger partial charge is 1.00 e. The fourth-order valence-electron chi connectivity index (χ4n) is 2.57. The predicted molar refractivity (Wildman–Crippen MR) is 95.9 cm³/mol. The first-order valence-electron chi connectivity index (χ1n) is 7.82. The van der Waals surface area contributed by atoms with Crippen LogP contribution in [0.1, 0.15) is 22.9 Å². The van der Waals surface area contributed by atoms with Crippen LogP contribution in [0.2, 0.25) is 0 Å². The van der Waals surface area contributed by atoms with Gasteiger partial charge in [-0.1, -0.05) is 6.07 Å². The van der Waals surface area contributed by atoms with Gasteiger partial charge in [0.1, 0.15) is 17.2 Å². The molecule has 12 heteroatoms. The monoisotopic (exact) mass is 448 g/mol. The maximum Gasteiger partial charge on any atom is 1.00 e. The zero-order valence-corrected chi connectivity index (χ0v) is 17.3. The van der Waals surface area contributed by atoms with Gasteiger partial charge < -0.3 is 15.6 Å². The Hall–Kier alpha value is -1.88. The van der Waals surface area contributed by atoms with Gasteiger partial charge in [0.05, 0.1) is 37.8 Å². The van der Waals surface area contributed by atoms with Crippen LogP contribution in [-0.2, 0) is 12.4 Å². The third-order valence-electron chi connectivity index (χ3n) is 3.86. The van der Waals surface area contributed by atoms with Crippen LogP contribution < -0.4 is 38.4 Å². The molecule has 0 heterocycles. The molecule has 0 amide bonds. The number of carbonyl (C=O) groups is 1. The van der Waals surface area contributed by atoms with Gasteiger partial charge in [0.15, 0.2) is 5.52 Å². The molecule has 0 bridgehead atoms. The Bertz CT molecular complexity index is 864. The third kappa shape index (κ3) is 5.63. The van der Waals surface area contributed by atoms with Crippen LogP contribution in [0.15, 0.2) is 30.3 Å². The van der Waals surface area contributed by atoms with Gasteiger partial charge in [0.25, 0.3) is 0 Å². The summed E-state index contributed by atoms with van der Waals surface area (Å²) in [7, 11) is 2.68. The first-order chi connectivity index (χ1) is 13.4. The van der Waals surface area contributed by atoms with Crippen LogP contribution >= 0.6 is 8.58 Å². The molecule has 0 spiro atoms. The van der Waals surface area contributed by atoms with Gasteiger partial charge in [0.2, 0.25) is 0 Å². The molecule has 2 rings (SSSR count). The van der Waals surface area contributed by atoms with Crippen LogP contribution in [0.4, 0.5) is 26.3 Å². The zero-order chi connectivity index (χ0) is 22.0. The van der Waals surface area contributed by atoms with Crippen molar-refractivity contribution in [2.75, 3.05) is 21.3 Å². The van der Waals surface area contributed by atoms with Crippen LogP contribution in [0, 0.1) is 0 Å². The molecular weight excluding hydrogens is 432 g/mol. The van der Waals surface area contributed by atoms with Crippen LogP contribution in [-0.4, -0.2) is 26.9 Å². The molecule has 2 aromatic rings. The Balaban J connectivity index is 0.00000450. The molecule has 0 radical (unpaired) electrons. The molecule has 0 fully saturated rings. The zero-order valence-electron chi connectivity index (χ0n) is 17.3. The average Bonchev–Trinajstić information content (AvgIpc) is 2.65. The number of hydrogen-bond acceptors (Lipinski definition) is 4. The van der Waals surface area contributed by atoms with Gasteiger partial charge in [-0.05, 0) is 20.7 Å². The van der Waals surface area contributed by atoms with E-state index in [2.05, 4.69) is 0 Å². The molecule has 160 valence electrons. The standard InChI is InChI=1S/C18H15F6O4P.Li.H/c1-26-9-7-12(27-2)15(13(8-9)28-3)29-16(25)14-10(17(19,20)21)5-4-6-11(14)18(22,23)24;;/h4-8,29H,1-3H3;;/q;+1;-1. The van der Waals surface area contributed by atoms with E-state index in [1.807, 2.05) is 0 Å². The summed E-state index contributed by atoms with van der Waals surface area (Å²) in [6.07, 6.45) is -10.3. The average molecular weight is 448 g/mol. The molecule has 0 aliphatic carbocycles. The van der Waals surface area contributed by atoms with Crippen LogP contribution in [0.3, 0.4) is 0 Å². The summed E-state index contributed by atoms with van der Waals surface area (Å²) in [5, 5.41) is 0.0194. The summed E-state index contributed by atoms with van der Waals surface area (Å²) >= 11 is 0. The second-order valence-electron chi connectivity index (χ2n) is 5.58. The Morgan fingerprint density at radius 3 is 1.63 bits per heavy atom. The van der Waals surface area contributed by atoms with E-state index in [1.165, 1.54) is 33.5 Å². The molecule has 0 aliphatic heterocycles. The maximum absolute atomic E-state index is 13.3. The van der Waals surface area contributed by atoms with Gasteiger partial charge >= 0.3 is 31.2 Å². The van der Waals surface area contributed by atoms with Crippen molar-refractivity contribution in [3.8, 4) is 17.2 Å². The van der Waals surface area contributed by atoms with E-state index >= 15 is 0 Å². The molecule has 0 saturated heterocycles. The number of ether oxygens (including phenoxy) is 3. The largest absolute Gasteiger partial charge is 1.00 e. The SMILES string of the molecule is COc1cc(OC)c(PC(=O)c2c(C(F)(F)F)cccc2C(F)(F)F)c(OC)c1.[H-].[Li+]. The minimum absolute atomic E-state index is 0. The van der Waals surface area contributed by atoms with Crippen molar-refractivity contribution in [3.05, 3.63) is 47.0 Å². The van der Waals surface area contributed by atoms with E-state index in [0.29, 0.717) is 18.2 Å². The molecule has 0 aliphatic rings. The molecule has 30 heavy (non-hydrogen) atoms. The fraction of sp³-hybridized carbons (Fsp3) is 0.278. The first-order valence-corrected chi connectivity index (χ1v) is 8.82. The Morgan fingerprint density at radius 2 is 1.30 bits per heavy atom. The summed E-state index contributed by atoms with van der Waals surface area (Å²) in [5.74, 6) is 0.336. The van der Waals surface area contributed by atoms with Crippen LogP contribution in [0.25, 0.3) is 0 Å². The predicted octanol–water partition coefficient (Wildman–Crippen LogP) is 2.01. The molecule has 0 saturated carbocycles. The number of halogens is 6. The van der Waals surface area contributed by atoms with Crippen molar-refractivity contribution >= 4 is 19.4 Å². The second kappa shape index (κ2) is 9.95. The maximum atomic E-state index is 13.3. The van der Waals surface area contributed by atoms with Gasteiger partial charge in [0, 0.05) is 17.7 Å². The van der Waals surface area contributed by atoms with E-state index in [-0.39, 0.29) is 42.8 Å². The summed E-state index contributed by atoms with van der Waals surface area (Å²) < 4.78 is 95.2. The molecule has 0 aromatic heterocycles. The van der Waals surface area contributed by atoms with Gasteiger partial charge in [-0.3, -0.25) is 4.79 Å². The van der Waals surface area contributed by atoms with Crippen LogP contribution in [0.5, 0.6) is 17.2 Å². The Morgan fingerprint density at radius 1 is 0.867 bits per heavy atom. The number of benzene rings is 2.